The lowest BCUT2D eigenvalue weighted by Gasteiger charge is -2.18. The Labute approximate surface area is 167 Å². The number of aromatic nitrogens is 3. The third-order valence-electron chi connectivity index (χ3n) is 4.01. The first-order valence-corrected chi connectivity index (χ1v) is 8.37. The zero-order valence-corrected chi connectivity index (χ0v) is 15.4. The average molecular weight is 421 g/mol. The summed E-state index contributed by atoms with van der Waals surface area (Å²) >= 11 is 0. The van der Waals surface area contributed by atoms with E-state index in [1.807, 2.05) is 0 Å². The highest BCUT2D eigenvalue weighted by Gasteiger charge is 2.31. The smallest absolute Gasteiger partial charge is 0.406 e. The van der Waals surface area contributed by atoms with Gasteiger partial charge >= 0.3 is 6.36 Å². The second-order valence-corrected chi connectivity index (χ2v) is 6.15. The van der Waals surface area contributed by atoms with E-state index in [1.165, 1.54) is 53.5 Å². The fourth-order valence-electron chi connectivity index (χ4n) is 2.69. The maximum Gasteiger partial charge on any atom is 0.573 e. The molecule has 0 spiro atoms. The zero-order chi connectivity index (χ0) is 21.9. The minimum absolute atomic E-state index is 0.0732. The molecule has 0 fully saturated rings. The molecule has 0 aliphatic carbocycles. The molecule has 1 amide bonds. The first-order chi connectivity index (χ1) is 14.1. The summed E-state index contributed by atoms with van der Waals surface area (Å²) in [6.07, 6.45) is -2.27. The van der Waals surface area contributed by atoms with Gasteiger partial charge in [0, 0.05) is 25.2 Å². The van der Waals surface area contributed by atoms with Crippen molar-refractivity contribution in [2.75, 3.05) is 7.05 Å². The fraction of sp³-hybridized carbons (Fsp3) is 0.167. The summed E-state index contributed by atoms with van der Waals surface area (Å²) in [5, 5.41) is 15.3. The van der Waals surface area contributed by atoms with E-state index in [-0.39, 0.29) is 29.2 Å². The Bertz CT molecular complexity index is 1050. The number of carbonyl (C=O) groups excluding carboxylic acids is 1. The predicted octanol–water partition coefficient (Wildman–Crippen LogP) is 3.35. The lowest BCUT2D eigenvalue weighted by Crippen LogP contribution is -2.26. The van der Waals surface area contributed by atoms with Crippen LogP contribution in [0.2, 0.25) is 0 Å². The maximum absolute atomic E-state index is 12.7. The highest BCUT2D eigenvalue weighted by molar-refractivity contribution is 5.95. The van der Waals surface area contributed by atoms with Crippen molar-refractivity contribution in [3.05, 3.63) is 76.4 Å². The number of alkyl halides is 3. The van der Waals surface area contributed by atoms with E-state index in [1.54, 1.807) is 0 Å². The van der Waals surface area contributed by atoms with E-state index >= 15 is 0 Å². The quantitative estimate of drug-likeness (QED) is 0.447. The number of amides is 1. The number of carbonyl (C=O) groups is 1. The number of hydrogen-bond acceptors (Lipinski definition) is 6. The second-order valence-electron chi connectivity index (χ2n) is 6.15. The number of rotatable bonds is 6. The lowest BCUT2D eigenvalue weighted by atomic mass is 10.1. The lowest BCUT2D eigenvalue weighted by molar-refractivity contribution is -0.384. The van der Waals surface area contributed by atoms with Crippen molar-refractivity contribution < 1.29 is 27.6 Å². The summed E-state index contributed by atoms with van der Waals surface area (Å²) in [7, 11) is 1.47. The molecule has 156 valence electrons. The standard InChI is InChI=1S/C18H14F3N5O4/c1-24(9-12-2-5-14(6-3-12)30-18(19,20)21)17(27)13-4-7-15(16(8-13)26(28)29)25-11-22-10-23-25/h2-8,10-11H,9H2,1H3. The van der Waals surface area contributed by atoms with Crippen molar-refractivity contribution in [2.45, 2.75) is 12.9 Å². The highest BCUT2D eigenvalue weighted by Crippen LogP contribution is 2.25. The van der Waals surface area contributed by atoms with Crippen LogP contribution in [0.5, 0.6) is 5.75 Å². The largest absolute Gasteiger partial charge is 0.573 e. The molecule has 0 saturated carbocycles. The molecule has 0 atom stereocenters. The zero-order valence-electron chi connectivity index (χ0n) is 15.4. The van der Waals surface area contributed by atoms with Crippen LogP contribution < -0.4 is 4.74 Å². The number of nitrogens with zero attached hydrogens (tertiary/aromatic N) is 5. The molecular formula is C18H14F3N5O4. The van der Waals surface area contributed by atoms with Gasteiger partial charge in [0.25, 0.3) is 11.6 Å². The van der Waals surface area contributed by atoms with E-state index in [0.717, 1.165) is 18.2 Å². The van der Waals surface area contributed by atoms with Gasteiger partial charge in [-0.1, -0.05) is 12.1 Å². The molecule has 0 bridgehead atoms. The summed E-state index contributed by atoms with van der Waals surface area (Å²) in [5.74, 6) is -0.876. The summed E-state index contributed by atoms with van der Waals surface area (Å²) in [6.45, 7) is 0.0732. The van der Waals surface area contributed by atoms with E-state index in [9.17, 15) is 28.1 Å². The van der Waals surface area contributed by atoms with Gasteiger partial charge < -0.3 is 9.64 Å². The van der Waals surface area contributed by atoms with Gasteiger partial charge in [-0.05, 0) is 29.8 Å². The highest BCUT2D eigenvalue weighted by atomic mass is 19.4. The van der Waals surface area contributed by atoms with Crippen LogP contribution in [-0.2, 0) is 6.54 Å². The number of benzene rings is 2. The topological polar surface area (TPSA) is 103 Å². The number of ether oxygens (including phenoxy) is 1. The van der Waals surface area contributed by atoms with Crippen LogP contribution >= 0.6 is 0 Å². The fourth-order valence-corrected chi connectivity index (χ4v) is 2.69. The summed E-state index contributed by atoms with van der Waals surface area (Å²) in [6, 6.07) is 9.00. The second kappa shape index (κ2) is 8.19. The summed E-state index contributed by atoms with van der Waals surface area (Å²) < 4.78 is 41.7. The van der Waals surface area contributed by atoms with E-state index in [4.69, 9.17) is 0 Å². The number of nitro benzene ring substituents is 1. The molecule has 3 rings (SSSR count). The van der Waals surface area contributed by atoms with Gasteiger partial charge in [-0.2, -0.15) is 5.10 Å². The van der Waals surface area contributed by atoms with Crippen LogP contribution in [0.1, 0.15) is 15.9 Å². The van der Waals surface area contributed by atoms with Crippen molar-refractivity contribution in [3.8, 4) is 11.4 Å². The van der Waals surface area contributed by atoms with Crippen LogP contribution in [-0.4, -0.2) is 43.9 Å². The van der Waals surface area contributed by atoms with Gasteiger partial charge in [0.1, 0.15) is 24.1 Å². The van der Waals surface area contributed by atoms with Crippen LogP contribution in [0.4, 0.5) is 18.9 Å². The van der Waals surface area contributed by atoms with Gasteiger partial charge in [-0.3, -0.25) is 14.9 Å². The van der Waals surface area contributed by atoms with Crippen molar-refractivity contribution in [1.82, 2.24) is 19.7 Å². The number of hydrogen-bond donors (Lipinski definition) is 0. The minimum Gasteiger partial charge on any atom is -0.406 e. The first-order valence-electron chi connectivity index (χ1n) is 8.37. The molecule has 30 heavy (non-hydrogen) atoms. The van der Waals surface area contributed by atoms with Gasteiger partial charge in [0.2, 0.25) is 0 Å². The van der Waals surface area contributed by atoms with Gasteiger partial charge in [-0.25, -0.2) is 9.67 Å². The Balaban J connectivity index is 1.76. The van der Waals surface area contributed by atoms with Crippen LogP contribution in [0.25, 0.3) is 5.69 Å². The molecule has 0 saturated heterocycles. The molecule has 9 nitrogen and oxygen atoms in total. The van der Waals surface area contributed by atoms with E-state index < -0.39 is 17.2 Å². The van der Waals surface area contributed by atoms with Gasteiger partial charge in [-0.15, -0.1) is 13.2 Å². The van der Waals surface area contributed by atoms with E-state index in [0.29, 0.717) is 5.56 Å². The summed E-state index contributed by atoms with van der Waals surface area (Å²) in [5.41, 5.74) is 0.449. The molecule has 0 unspecified atom stereocenters. The minimum atomic E-state index is -4.79. The maximum atomic E-state index is 12.7. The Morgan fingerprint density at radius 2 is 1.93 bits per heavy atom. The average Bonchev–Trinajstić information content (AvgIpc) is 3.22. The molecule has 0 aliphatic heterocycles. The first kappa shape index (κ1) is 20.8. The van der Waals surface area contributed by atoms with Crippen molar-refractivity contribution in [1.29, 1.82) is 0 Å². The Hall–Kier alpha value is -3.96. The SMILES string of the molecule is CN(Cc1ccc(OC(F)(F)F)cc1)C(=O)c1ccc(-n2cncn2)c([N+](=O)[O-])c1. The van der Waals surface area contributed by atoms with Crippen LogP contribution in [0.3, 0.4) is 0 Å². The van der Waals surface area contributed by atoms with Crippen LogP contribution in [0, 0.1) is 10.1 Å². The Morgan fingerprint density at radius 3 is 2.50 bits per heavy atom. The number of nitro groups is 1. The molecule has 1 heterocycles. The van der Waals surface area contributed by atoms with Crippen molar-refractivity contribution in [2.24, 2.45) is 0 Å². The third-order valence-corrected chi connectivity index (χ3v) is 4.01. The van der Waals surface area contributed by atoms with E-state index in [2.05, 4.69) is 14.8 Å². The molecular weight excluding hydrogens is 407 g/mol. The summed E-state index contributed by atoms with van der Waals surface area (Å²) in [4.78, 5) is 28.5. The van der Waals surface area contributed by atoms with Crippen molar-refractivity contribution in [3.63, 3.8) is 0 Å². The number of halogens is 3. The van der Waals surface area contributed by atoms with Crippen molar-refractivity contribution >= 4 is 11.6 Å². The Morgan fingerprint density at radius 1 is 1.23 bits per heavy atom. The molecule has 3 aromatic rings. The molecule has 1 aromatic heterocycles. The molecule has 0 N–H and O–H groups in total. The molecule has 12 heteroatoms. The normalized spacial score (nSPS) is 11.2. The predicted molar refractivity (Wildman–Crippen MR) is 96.9 cm³/mol. The molecule has 0 aliphatic rings. The van der Waals surface area contributed by atoms with Gasteiger partial charge in [0.15, 0.2) is 0 Å². The van der Waals surface area contributed by atoms with Gasteiger partial charge in [0.05, 0.1) is 4.92 Å². The monoisotopic (exact) mass is 421 g/mol. The molecule has 0 radical (unpaired) electrons. The Kier molecular flexibility index (Phi) is 5.67. The van der Waals surface area contributed by atoms with Crippen LogP contribution in [0.15, 0.2) is 55.1 Å². The third kappa shape index (κ3) is 4.90. The molecule has 2 aromatic carbocycles.